The minimum Gasteiger partial charge on any atom is -0.480 e. The first-order valence-corrected chi connectivity index (χ1v) is 7.18. The molecule has 0 bridgehead atoms. The van der Waals surface area contributed by atoms with Gasteiger partial charge < -0.3 is 10.1 Å². The molecule has 0 aliphatic heterocycles. The van der Waals surface area contributed by atoms with Crippen LogP contribution in [0.1, 0.15) is 17.2 Å². The summed E-state index contributed by atoms with van der Waals surface area (Å²) in [6, 6.07) is 5.29. The van der Waals surface area contributed by atoms with E-state index in [1.807, 2.05) is 0 Å². The molecular formula is C12H13N3O4S. The second-order valence-electron chi connectivity index (χ2n) is 4.22. The van der Waals surface area contributed by atoms with Crippen molar-refractivity contribution in [2.45, 2.75) is 18.0 Å². The highest BCUT2D eigenvalue weighted by atomic mass is 32.2. The number of imidazole rings is 1. The topological polar surface area (TPSA) is 112 Å². The van der Waals surface area contributed by atoms with E-state index < -0.39 is 22.0 Å². The molecule has 0 aliphatic carbocycles. The molecule has 8 heteroatoms. The Morgan fingerprint density at radius 1 is 1.45 bits per heavy atom. The molecule has 0 aliphatic rings. The third-order valence-electron chi connectivity index (χ3n) is 2.66. The highest BCUT2D eigenvalue weighted by molar-refractivity contribution is 7.89. The number of H-pyrrole nitrogens is 1. The van der Waals surface area contributed by atoms with Gasteiger partial charge in [0.1, 0.15) is 6.04 Å². The van der Waals surface area contributed by atoms with Crippen molar-refractivity contribution in [1.29, 1.82) is 0 Å². The largest absolute Gasteiger partial charge is 0.480 e. The summed E-state index contributed by atoms with van der Waals surface area (Å²) >= 11 is 0. The molecule has 0 radical (unpaired) electrons. The van der Waals surface area contributed by atoms with Crippen LogP contribution in [0.25, 0.3) is 0 Å². The number of benzene rings is 1. The van der Waals surface area contributed by atoms with Crippen molar-refractivity contribution in [2.24, 2.45) is 0 Å². The minimum absolute atomic E-state index is 0.184. The number of aromatic amines is 1. The van der Waals surface area contributed by atoms with Crippen LogP contribution in [0.5, 0.6) is 0 Å². The van der Waals surface area contributed by atoms with Gasteiger partial charge in [-0.15, -0.1) is 0 Å². The van der Waals surface area contributed by atoms with Crippen molar-refractivity contribution < 1.29 is 18.3 Å². The summed E-state index contributed by atoms with van der Waals surface area (Å²) in [6.45, 7) is 1.80. The van der Waals surface area contributed by atoms with Gasteiger partial charge in [-0.05, 0) is 12.5 Å². The SMILES string of the molecule is Cc1cccc(C(NS(=O)(=O)c2cnc[nH]2)C(=O)O)c1. The van der Waals surface area contributed by atoms with Gasteiger partial charge in [0.15, 0.2) is 5.03 Å². The lowest BCUT2D eigenvalue weighted by atomic mass is 10.1. The van der Waals surface area contributed by atoms with Crippen LogP contribution < -0.4 is 4.72 Å². The predicted molar refractivity (Wildman–Crippen MR) is 70.5 cm³/mol. The molecular weight excluding hydrogens is 282 g/mol. The molecule has 0 saturated heterocycles. The summed E-state index contributed by atoms with van der Waals surface area (Å²) in [7, 11) is -3.97. The van der Waals surface area contributed by atoms with Gasteiger partial charge in [0.25, 0.3) is 10.0 Å². The number of hydrogen-bond acceptors (Lipinski definition) is 4. The molecule has 106 valence electrons. The molecule has 1 heterocycles. The Hall–Kier alpha value is -2.19. The molecule has 0 spiro atoms. The third-order valence-corrected chi connectivity index (χ3v) is 4.01. The van der Waals surface area contributed by atoms with E-state index in [0.29, 0.717) is 5.56 Å². The van der Waals surface area contributed by atoms with Crippen LogP contribution in [0.4, 0.5) is 0 Å². The van der Waals surface area contributed by atoms with Gasteiger partial charge in [-0.3, -0.25) is 4.79 Å². The molecule has 0 amide bonds. The van der Waals surface area contributed by atoms with E-state index in [0.717, 1.165) is 11.8 Å². The first-order chi connectivity index (χ1) is 9.40. The number of aromatic nitrogens is 2. The van der Waals surface area contributed by atoms with Crippen molar-refractivity contribution in [3.05, 3.63) is 47.9 Å². The van der Waals surface area contributed by atoms with E-state index in [1.54, 1.807) is 31.2 Å². The normalized spacial score (nSPS) is 13.1. The Kier molecular flexibility index (Phi) is 3.86. The fourth-order valence-electron chi connectivity index (χ4n) is 1.72. The maximum Gasteiger partial charge on any atom is 0.326 e. The predicted octanol–water partition coefficient (Wildman–Crippen LogP) is 0.822. The number of aliphatic carboxylic acids is 1. The number of rotatable bonds is 5. The van der Waals surface area contributed by atoms with Crippen molar-refractivity contribution in [3.8, 4) is 0 Å². The molecule has 1 aromatic heterocycles. The van der Waals surface area contributed by atoms with Gasteiger partial charge in [0.2, 0.25) is 0 Å². The minimum atomic E-state index is -3.97. The molecule has 2 rings (SSSR count). The van der Waals surface area contributed by atoms with Crippen molar-refractivity contribution in [3.63, 3.8) is 0 Å². The Labute approximate surface area is 115 Å². The van der Waals surface area contributed by atoms with Crippen LogP contribution in [-0.4, -0.2) is 29.5 Å². The molecule has 7 nitrogen and oxygen atoms in total. The van der Waals surface area contributed by atoms with Crippen molar-refractivity contribution in [1.82, 2.24) is 14.7 Å². The first-order valence-electron chi connectivity index (χ1n) is 5.70. The molecule has 1 unspecified atom stereocenters. The average molecular weight is 295 g/mol. The highest BCUT2D eigenvalue weighted by Crippen LogP contribution is 2.17. The van der Waals surface area contributed by atoms with E-state index in [-0.39, 0.29) is 5.03 Å². The Bertz CT molecular complexity index is 710. The van der Waals surface area contributed by atoms with Crippen molar-refractivity contribution >= 4 is 16.0 Å². The van der Waals surface area contributed by atoms with Crippen LogP contribution in [0.2, 0.25) is 0 Å². The number of carboxylic acid groups (broad SMARTS) is 1. The van der Waals surface area contributed by atoms with Gasteiger partial charge in [0.05, 0.1) is 12.5 Å². The van der Waals surface area contributed by atoms with Gasteiger partial charge in [-0.2, -0.15) is 4.72 Å². The zero-order valence-electron chi connectivity index (χ0n) is 10.6. The quantitative estimate of drug-likeness (QED) is 0.756. The summed E-state index contributed by atoms with van der Waals surface area (Å²) in [5, 5.41) is 9.04. The third kappa shape index (κ3) is 3.03. The maximum atomic E-state index is 12.0. The monoisotopic (exact) mass is 295 g/mol. The second kappa shape index (κ2) is 5.43. The van der Waals surface area contributed by atoms with Gasteiger partial charge >= 0.3 is 5.97 Å². The van der Waals surface area contributed by atoms with Crippen LogP contribution in [0.15, 0.2) is 41.8 Å². The standard InChI is InChI=1S/C12H13N3O4S/c1-8-3-2-4-9(5-8)11(12(16)17)15-20(18,19)10-6-13-7-14-10/h2-7,11,15H,1H3,(H,13,14)(H,16,17). The molecule has 0 saturated carbocycles. The zero-order valence-corrected chi connectivity index (χ0v) is 11.4. The lowest BCUT2D eigenvalue weighted by molar-refractivity contribution is -0.139. The summed E-state index contributed by atoms with van der Waals surface area (Å²) in [4.78, 5) is 17.3. The number of carbonyl (C=O) groups is 1. The van der Waals surface area contributed by atoms with E-state index in [9.17, 15) is 18.3 Å². The second-order valence-corrected chi connectivity index (χ2v) is 5.90. The smallest absolute Gasteiger partial charge is 0.326 e. The van der Waals surface area contributed by atoms with Crippen LogP contribution >= 0.6 is 0 Å². The number of sulfonamides is 1. The number of nitrogens with one attached hydrogen (secondary N) is 2. The fraction of sp³-hybridized carbons (Fsp3) is 0.167. The van der Waals surface area contributed by atoms with E-state index in [4.69, 9.17) is 0 Å². The van der Waals surface area contributed by atoms with Crippen LogP contribution in [-0.2, 0) is 14.8 Å². The van der Waals surface area contributed by atoms with E-state index in [1.165, 1.54) is 6.33 Å². The molecule has 2 aromatic rings. The Morgan fingerprint density at radius 3 is 2.75 bits per heavy atom. The lowest BCUT2D eigenvalue weighted by Gasteiger charge is -2.14. The lowest BCUT2D eigenvalue weighted by Crippen LogP contribution is -2.34. The molecule has 3 N–H and O–H groups in total. The Morgan fingerprint density at radius 2 is 2.20 bits per heavy atom. The number of nitrogens with zero attached hydrogens (tertiary/aromatic N) is 1. The van der Waals surface area contributed by atoms with E-state index in [2.05, 4.69) is 14.7 Å². The number of hydrogen-bond donors (Lipinski definition) is 3. The maximum absolute atomic E-state index is 12.0. The summed E-state index contributed by atoms with van der Waals surface area (Å²) in [6.07, 6.45) is 2.31. The molecule has 20 heavy (non-hydrogen) atoms. The number of aryl methyl sites for hydroxylation is 1. The van der Waals surface area contributed by atoms with Crippen molar-refractivity contribution in [2.75, 3.05) is 0 Å². The number of carboxylic acids is 1. The van der Waals surface area contributed by atoms with E-state index >= 15 is 0 Å². The van der Waals surface area contributed by atoms with Gasteiger partial charge in [-0.1, -0.05) is 29.8 Å². The summed E-state index contributed by atoms with van der Waals surface area (Å²) in [5.74, 6) is -1.28. The molecule has 1 atom stereocenters. The van der Waals surface area contributed by atoms with Gasteiger partial charge in [-0.25, -0.2) is 13.4 Å². The molecule has 0 fully saturated rings. The first kappa shape index (κ1) is 14.2. The van der Waals surface area contributed by atoms with Gasteiger partial charge in [0, 0.05) is 0 Å². The Balaban J connectivity index is 2.34. The highest BCUT2D eigenvalue weighted by Gasteiger charge is 2.27. The zero-order chi connectivity index (χ0) is 14.8. The molecule has 1 aromatic carbocycles. The van der Waals surface area contributed by atoms with Crippen LogP contribution in [0, 0.1) is 6.92 Å². The average Bonchev–Trinajstić information content (AvgIpc) is 2.90. The summed E-state index contributed by atoms with van der Waals surface area (Å²) in [5.41, 5.74) is 1.20. The summed E-state index contributed by atoms with van der Waals surface area (Å²) < 4.78 is 26.2. The fourth-order valence-corrected chi connectivity index (χ4v) is 2.80. The van der Waals surface area contributed by atoms with Crippen LogP contribution in [0.3, 0.4) is 0 Å².